The van der Waals surface area contributed by atoms with Crippen molar-refractivity contribution in [1.82, 2.24) is 0 Å². The van der Waals surface area contributed by atoms with Crippen LogP contribution in [0.2, 0.25) is 0 Å². The molecule has 0 saturated heterocycles. The lowest BCUT2D eigenvalue weighted by Gasteiger charge is -2.21. The summed E-state index contributed by atoms with van der Waals surface area (Å²) >= 11 is 0. The van der Waals surface area contributed by atoms with Gasteiger partial charge in [0.1, 0.15) is 0 Å². The fourth-order valence-corrected chi connectivity index (χ4v) is 2.68. The maximum atomic E-state index is 12.6. The standard InChI is InChI=1S/C21H25NO4/c1-22(21(25)17-10-4-2-5-11-17)19-13-8-7-12-18(19)16-26-15-9-3-6-14-20(23)24/h2,4-5,7-8,10-13H,3,6,9,14-16H2,1H3,(H,23,24). The van der Waals surface area contributed by atoms with Crippen LogP contribution in [-0.4, -0.2) is 30.6 Å². The van der Waals surface area contributed by atoms with Gasteiger partial charge in [-0.2, -0.15) is 0 Å². The number of rotatable bonds is 10. The zero-order valence-corrected chi connectivity index (χ0v) is 15.1. The molecule has 0 bridgehead atoms. The molecule has 2 aromatic rings. The van der Waals surface area contributed by atoms with Gasteiger partial charge >= 0.3 is 5.97 Å². The molecular formula is C21H25NO4. The first-order valence-electron chi connectivity index (χ1n) is 8.80. The monoisotopic (exact) mass is 355 g/mol. The lowest BCUT2D eigenvalue weighted by Crippen LogP contribution is -2.27. The van der Waals surface area contributed by atoms with Crippen LogP contribution in [0.3, 0.4) is 0 Å². The molecular weight excluding hydrogens is 330 g/mol. The van der Waals surface area contributed by atoms with Crippen molar-refractivity contribution < 1.29 is 19.4 Å². The van der Waals surface area contributed by atoms with E-state index in [0.29, 0.717) is 25.2 Å². The highest BCUT2D eigenvalue weighted by molar-refractivity contribution is 6.06. The Bertz CT molecular complexity index is 715. The molecule has 0 spiro atoms. The van der Waals surface area contributed by atoms with E-state index in [1.165, 1.54) is 0 Å². The Balaban J connectivity index is 1.89. The molecule has 138 valence electrons. The van der Waals surface area contributed by atoms with Crippen LogP contribution in [0.5, 0.6) is 0 Å². The van der Waals surface area contributed by atoms with E-state index in [1.807, 2.05) is 42.5 Å². The fraction of sp³-hybridized carbons (Fsp3) is 0.333. The predicted molar refractivity (Wildman–Crippen MR) is 101 cm³/mol. The Hall–Kier alpha value is -2.66. The number of para-hydroxylation sites is 1. The third kappa shape index (κ3) is 6.01. The highest BCUT2D eigenvalue weighted by atomic mass is 16.5. The van der Waals surface area contributed by atoms with Crippen molar-refractivity contribution in [2.75, 3.05) is 18.6 Å². The summed E-state index contributed by atoms with van der Waals surface area (Å²) in [7, 11) is 1.76. The first-order chi connectivity index (χ1) is 12.6. The second kappa shape index (κ2) is 10.4. The number of amides is 1. The highest BCUT2D eigenvalue weighted by Crippen LogP contribution is 2.22. The number of ether oxygens (including phenoxy) is 1. The molecule has 0 radical (unpaired) electrons. The van der Waals surface area contributed by atoms with Gasteiger partial charge in [0.25, 0.3) is 5.91 Å². The number of nitrogens with zero attached hydrogens (tertiary/aromatic N) is 1. The van der Waals surface area contributed by atoms with Gasteiger partial charge in [0.15, 0.2) is 0 Å². The topological polar surface area (TPSA) is 66.8 Å². The fourth-order valence-electron chi connectivity index (χ4n) is 2.68. The van der Waals surface area contributed by atoms with Gasteiger partial charge in [0.2, 0.25) is 0 Å². The lowest BCUT2D eigenvalue weighted by atomic mass is 10.1. The Morgan fingerprint density at radius 1 is 0.962 bits per heavy atom. The van der Waals surface area contributed by atoms with E-state index >= 15 is 0 Å². The second-order valence-corrected chi connectivity index (χ2v) is 6.12. The van der Waals surface area contributed by atoms with Gasteiger partial charge in [-0.25, -0.2) is 0 Å². The molecule has 26 heavy (non-hydrogen) atoms. The number of aliphatic carboxylic acids is 1. The van der Waals surface area contributed by atoms with Gasteiger partial charge in [-0.3, -0.25) is 9.59 Å². The van der Waals surface area contributed by atoms with Crippen LogP contribution in [0, 0.1) is 0 Å². The van der Waals surface area contributed by atoms with Gasteiger partial charge in [-0.05, 0) is 31.0 Å². The summed E-state index contributed by atoms with van der Waals surface area (Å²) in [5.41, 5.74) is 2.42. The van der Waals surface area contributed by atoms with E-state index in [4.69, 9.17) is 9.84 Å². The number of carbonyl (C=O) groups excluding carboxylic acids is 1. The number of carboxylic acids is 1. The van der Waals surface area contributed by atoms with E-state index in [1.54, 1.807) is 24.1 Å². The molecule has 1 N–H and O–H groups in total. The highest BCUT2D eigenvalue weighted by Gasteiger charge is 2.15. The average molecular weight is 355 g/mol. The van der Waals surface area contributed by atoms with Crippen LogP contribution >= 0.6 is 0 Å². The van der Waals surface area contributed by atoms with Gasteiger partial charge in [-0.1, -0.05) is 42.8 Å². The minimum absolute atomic E-state index is 0.0632. The minimum atomic E-state index is -0.758. The smallest absolute Gasteiger partial charge is 0.303 e. The van der Waals surface area contributed by atoms with Crippen molar-refractivity contribution in [2.24, 2.45) is 0 Å². The molecule has 2 aromatic carbocycles. The third-order valence-electron chi connectivity index (χ3n) is 4.12. The zero-order chi connectivity index (χ0) is 18.8. The number of carboxylic acid groups (broad SMARTS) is 1. The molecule has 0 aliphatic heterocycles. The summed E-state index contributed by atoms with van der Waals surface area (Å²) in [4.78, 5) is 24.7. The van der Waals surface area contributed by atoms with Gasteiger partial charge in [0.05, 0.1) is 6.61 Å². The van der Waals surface area contributed by atoms with Crippen LogP contribution in [0.1, 0.15) is 41.6 Å². The van der Waals surface area contributed by atoms with E-state index < -0.39 is 5.97 Å². The third-order valence-corrected chi connectivity index (χ3v) is 4.12. The quantitative estimate of drug-likeness (QED) is 0.651. The minimum Gasteiger partial charge on any atom is -0.481 e. The largest absolute Gasteiger partial charge is 0.481 e. The maximum Gasteiger partial charge on any atom is 0.303 e. The summed E-state index contributed by atoms with van der Waals surface area (Å²) in [5, 5.41) is 8.61. The normalized spacial score (nSPS) is 10.5. The van der Waals surface area contributed by atoms with Crippen LogP contribution in [0.15, 0.2) is 54.6 Å². The second-order valence-electron chi connectivity index (χ2n) is 6.12. The molecule has 0 heterocycles. The van der Waals surface area contributed by atoms with E-state index in [0.717, 1.165) is 24.1 Å². The summed E-state index contributed by atoms with van der Waals surface area (Å²) in [6, 6.07) is 16.9. The Labute approximate surface area is 154 Å². The Kier molecular flexibility index (Phi) is 7.83. The van der Waals surface area contributed by atoms with Crippen LogP contribution in [-0.2, 0) is 16.1 Å². The first-order valence-corrected chi connectivity index (χ1v) is 8.80. The van der Waals surface area contributed by atoms with Crippen molar-refractivity contribution >= 4 is 17.6 Å². The van der Waals surface area contributed by atoms with Crippen LogP contribution in [0.25, 0.3) is 0 Å². The van der Waals surface area contributed by atoms with Crippen molar-refractivity contribution in [1.29, 1.82) is 0 Å². The molecule has 0 aromatic heterocycles. The molecule has 1 amide bonds. The Morgan fingerprint density at radius 2 is 1.65 bits per heavy atom. The van der Waals surface area contributed by atoms with Crippen molar-refractivity contribution in [3.05, 3.63) is 65.7 Å². The molecule has 0 saturated carbocycles. The van der Waals surface area contributed by atoms with Crippen molar-refractivity contribution in [2.45, 2.75) is 32.3 Å². The molecule has 2 rings (SSSR count). The van der Waals surface area contributed by atoms with E-state index in [2.05, 4.69) is 0 Å². The van der Waals surface area contributed by atoms with E-state index in [9.17, 15) is 9.59 Å². The lowest BCUT2D eigenvalue weighted by molar-refractivity contribution is -0.137. The molecule has 5 nitrogen and oxygen atoms in total. The molecule has 0 aliphatic carbocycles. The number of unbranched alkanes of at least 4 members (excludes halogenated alkanes) is 2. The van der Waals surface area contributed by atoms with Crippen LogP contribution < -0.4 is 4.90 Å². The van der Waals surface area contributed by atoms with Gasteiger partial charge < -0.3 is 14.7 Å². The first kappa shape index (κ1) is 19.7. The number of anilines is 1. The van der Waals surface area contributed by atoms with Crippen LogP contribution in [0.4, 0.5) is 5.69 Å². The number of benzene rings is 2. The summed E-state index contributed by atoms with van der Waals surface area (Å²) in [6.45, 7) is 0.992. The molecule has 0 aliphatic rings. The average Bonchev–Trinajstić information content (AvgIpc) is 2.67. The zero-order valence-electron chi connectivity index (χ0n) is 15.1. The number of carbonyl (C=O) groups is 2. The molecule has 0 fully saturated rings. The van der Waals surface area contributed by atoms with Gasteiger partial charge in [-0.15, -0.1) is 0 Å². The van der Waals surface area contributed by atoms with E-state index in [-0.39, 0.29) is 12.3 Å². The summed E-state index contributed by atoms with van der Waals surface area (Å²) < 4.78 is 5.72. The summed E-state index contributed by atoms with van der Waals surface area (Å²) in [6.07, 6.45) is 2.54. The summed E-state index contributed by atoms with van der Waals surface area (Å²) in [5.74, 6) is -0.822. The van der Waals surface area contributed by atoms with Gasteiger partial charge in [0, 0.05) is 36.9 Å². The maximum absolute atomic E-state index is 12.6. The van der Waals surface area contributed by atoms with Crippen molar-refractivity contribution in [3.63, 3.8) is 0 Å². The predicted octanol–water partition coefficient (Wildman–Crippen LogP) is 4.12. The molecule has 0 atom stereocenters. The SMILES string of the molecule is CN(C(=O)c1ccccc1)c1ccccc1COCCCCCC(=O)O. The Morgan fingerprint density at radius 3 is 2.38 bits per heavy atom. The number of hydrogen-bond acceptors (Lipinski definition) is 3. The molecule has 0 unspecified atom stereocenters. The van der Waals surface area contributed by atoms with Crippen molar-refractivity contribution in [3.8, 4) is 0 Å². The number of hydrogen-bond donors (Lipinski definition) is 1. The molecule has 5 heteroatoms.